The number of hydrogen-bond acceptors (Lipinski definition) is 5. The van der Waals surface area contributed by atoms with Crippen LogP contribution in [0.5, 0.6) is 5.75 Å². The van der Waals surface area contributed by atoms with Gasteiger partial charge < -0.3 is 19.0 Å². The minimum Gasteiger partial charge on any atom is -0.490 e. The smallest absolute Gasteiger partial charge is 0.290 e. The summed E-state index contributed by atoms with van der Waals surface area (Å²) in [6.45, 7) is 5.18. The second-order valence-corrected chi connectivity index (χ2v) is 7.55. The number of carbonyl (C=O) groups excluding carboxylic acids is 1. The number of carbonyl (C=O) groups is 1. The van der Waals surface area contributed by atoms with Crippen LogP contribution in [-0.2, 0) is 0 Å². The summed E-state index contributed by atoms with van der Waals surface area (Å²) in [7, 11) is 3.90. The fourth-order valence-electron chi connectivity index (χ4n) is 3.78. The van der Waals surface area contributed by atoms with Crippen molar-refractivity contribution in [2.24, 2.45) is 0 Å². The lowest BCUT2D eigenvalue weighted by Crippen LogP contribution is -2.35. The van der Waals surface area contributed by atoms with Gasteiger partial charge >= 0.3 is 0 Å². The Bertz CT molecular complexity index is 1170. The van der Waals surface area contributed by atoms with Gasteiger partial charge in [-0.3, -0.25) is 9.59 Å². The molecule has 0 N–H and O–H groups in total. The van der Waals surface area contributed by atoms with Crippen LogP contribution in [0, 0.1) is 0 Å². The van der Waals surface area contributed by atoms with Crippen LogP contribution in [0.2, 0.25) is 0 Å². The number of nitrogens with zero attached hydrogens (tertiary/aromatic N) is 2. The van der Waals surface area contributed by atoms with Gasteiger partial charge in [0.1, 0.15) is 17.9 Å². The van der Waals surface area contributed by atoms with E-state index >= 15 is 0 Å². The van der Waals surface area contributed by atoms with Gasteiger partial charge in [0.05, 0.1) is 17.0 Å². The number of amides is 1. The Morgan fingerprint density at radius 2 is 1.97 bits per heavy atom. The lowest BCUT2D eigenvalue weighted by atomic mass is 9.98. The maximum atomic E-state index is 13.4. The van der Waals surface area contributed by atoms with Crippen LogP contribution in [0.3, 0.4) is 0 Å². The molecule has 0 spiro atoms. The Labute approximate surface area is 175 Å². The summed E-state index contributed by atoms with van der Waals surface area (Å²) in [5.41, 5.74) is 1.45. The quantitative estimate of drug-likeness (QED) is 0.565. The minimum absolute atomic E-state index is 0.125. The van der Waals surface area contributed by atoms with E-state index in [0.717, 1.165) is 5.56 Å². The number of likely N-dealkylation sites (N-methyl/N-ethyl adjacent to an activating group) is 1. The van der Waals surface area contributed by atoms with Crippen LogP contribution in [-0.4, -0.2) is 49.5 Å². The molecule has 2 heterocycles. The molecule has 4 rings (SSSR count). The normalized spacial score (nSPS) is 15.6. The number of rotatable bonds is 7. The Kier molecular flexibility index (Phi) is 5.42. The summed E-state index contributed by atoms with van der Waals surface area (Å²) in [6, 6.07) is 14.0. The third kappa shape index (κ3) is 3.50. The van der Waals surface area contributed by atoms with Crippen LogP contribution in [0.4, 0.5) is 0 Å². The van der Waals surface area contributed by atoms with Gasteiger partial charge in [-0.1, -0.05) is 36.9 Å². The van der Waals surface area contributed by atoms with E-state index in [1.807, 2.05) is 43.3 Å². The van der Waals surface area contributed by atoms with Gasteiger partial charge in [0.25, 0.3) is 5.91 Å². The molecule has 0 bridgehead atoms. The van der Waals surface area contributed by atoms with Crippen LogP contribution < -0.4 is 10.2 Å². The molecule has 0 saturated heterocycles. The van der Waals surface area contributed by atoms with Gasteiger partial charge in [-0.05, 0) is 43.9 Å². The first-order chi connectivity index (χ1) is 14.5. The van der Waals surface area contributed by atoms with Gasteiger partial charge in [0, 0.05) is 13.1 Å². The van der Waals surface area contributed by atoms with Crippen LogP contribution in [0.15, 0.2) is 70.4 Å². The number of para-hydroxylation sites is 1. The van der Waals surface area contributed by atoms with Crippen molar-refractivity contribution >= 4 is 16.9 Å². The largest absolute Gasteiger partial charge is 0.490 e. The number of benzene rings is 2. The topological polar surface area (TPSA) is 63.0 Å². The molecule has 3 aromatic rings. The average molecular weight is 404 g/mol. The highest BCUT2D eigenvalue weighted by Gasteiger charge is 2.42. The first kappa shape index (κ1) is 19.9. The van der Waals surface area contributed by atoms with Gasteiger partial charge in [0.2, 0.25) is 5.76 Å². The first-order valence-corrected chi connectivity index (χ1v) is 9.86. The third-order valence-corrected chi connectivity index (χ3v) is 5.20. The molecule has 1 aliphatic rings. The van der Waals surface area contributed by atoms with Gasteiger partial charge in [-0.25, -0.2) is 0 Å². The van der Waals surface area contributed by atoms with Crippen molar-refractivity contribution in [3.63, 3.8) is 0 Å². The molecule has 0 fully saturated rings. The lowest BCUT2D eigenvalue weighted by Gasteiger charge is -2.26. The van der Waals surface area contributed by atoms with E-state index in [1.54, 1.807) is 35.2 Å². The highest BCUT2D eigenvalue weighted by atomic mass is 16.5. The Balaban J connectivity index is 1.88. The van der Waals surface area contributed by atoms with Gasteiger partial charge in [0.15, 0.2) is 5.43 Å². The maximum Gasteiger partial charge on any atom is 0.290 e. The molecule has 0 unspecified atom stereocenters. The van der Waals surface area contributed by atoms with Crippen LogP contribution in [0.1, 0.15) is 27.7 Å². The molecular weight excluding hydrogens is 380 g/mol. The molecular formula is C24H24N2O4. The SMILES string of the molecule is C=CCOc1cccc([C@H]2c3c(oc4ccccc4c3=O)C(=O)N2CCN(C)C)c1. The summed E-state index contributed by atoms with van der Waals surface area (Å²) >= 11 is 0. The second kappa shape index (κ2) is 8.16. The van der Waals surface area contributed by atoms with Crippen molar-refractivity contribution < 1.29 is 13.9 Å². The molecule has 6 heteroatoms. The van der Waals surface area contributed by atoms with Crippen LogP contribution >= 0.6 is 0 Å². The van der Waals surface area contributed by atoms with Crippen molar-refractivity contribution in [2.75, 3.05) is 33.8 Å². The van der Waals surface area contributed by atoms with Crippen molar-refractivity contribution in [1.82, 2.24) is 9.80 Å². The van der Waals surface area contributed by atoms with E-state index < -0.39 is 6.04 Å². The fourth-order valence-corrected chi connectivity index (χ4v) is 3.78. The second-order valence-electron chi connectivity index (χ2n) is 7.55. The monoisotopic (exact) mass is 404 g/mol. The summed E-state index contributed by atoms with van der Waals surface area (Å²) in [4.78, 5) is 30.4. The Morgan fingerprint density at radius 3 is 2.73 bits per heavy atom. The molecule has 30 heavy (non-hydrogen) atoms. The lowest BCUT2D eigenvalue weighted by molar-refractivity contribution is 0.0716. The van der Waals surface area contributed by atoms with Gasteiger partial charge in [-0.2, -0.15) is 0 Å². The summed E-state index contributed by atoms with van der Waals surface area (Å²) in [5.74, 6) is 0.517. The van der Waals surface area contributed by atoms with Gasteiger partial charge in [-0.15, -0.1) is 0 Å². The minimum atomic E-state index is -0.527. The molecule has 2 aromatic carbocycles. The molecule has 1 amide bonds. The molecule has 1 aromatic heterocycles. The first-order valence-electron chi connectivity index (χ1n) is 9.86. The number of hydrogen-bond donors (Lipinski definition) is 0. The fraction of sp³-hybridized carbons (Fsp3) is 0.250. The predicted octanol–water partition coefficient (Wildman–Crippen LogP) is 3.46. The van der Waals surface area contributed by atoms with E-state index in [0.29, 0.717) is 42.0 Å². The zero-order chi connectivity index (χ0) is 21.3. The molecule has 0 aliphatic carbocycles. The van der Waals surface area contributed by atoms with E-state index in [2.05, 4.69) is 6.58 Å². The third-order valence-electron chi connectivity index (χ3n) is 5.20. The molecule has 1 atom stereocenters. The Morgan fingerprint density at radius 1 is 1.17 bits per heavy atom. The maximum absolute atomic E-state index is 13.4. The average Bonchev–Trinajstić information content (AvgIpc) is 3.03. The molecule has 154 valence electrons. The number of fused-ring (bicyclic) bond motifs is 2. The van der Waals surface area contributed by atoms with Crippen molar-refractivity contribution in [1.29, 1.82) is 0 Å². The van der Waals surface area contributed by atoms with E-state index in [1.165, 1.54) is 0 Å². The van der Waals surface area contributed by atoms with E-state index in [9.17, 15) is 9.59 Å². The highest BCUT2D eigenvalue weighted by molar-refractivity contribution is 5.99. The van der Waals surface area contributed by atoms with Crippen molar-refractivity contribution in [2.45, 2.75) is 6.04 Å². The van der Waals surface area contributed by atoms with E-state index in [-0.39, 0.29) is 17.1 Å². The molecule has 1 aliphatic heterocycles. The summed E-state index contributed by atoms with van der Waals surface area (Å²) in [6.07, 6.45) is 1.67. The predicted molar refractivity (Wildman–Crippen MR) is 116 cm³/mol. The summed E-state index contributed by atoms with van der Waals surface area (Å²) < 4.78 is 11.6. The van der Waals surface area contributed by atoms with Crippen LogP contribution in [0.25, 0.3) is 11.0 Å². The molecule has 0 saturated carbocycles. The zero-order valence-electron chi connectivity index (χ0n) is 17.1. The highest BCUT2D eigenvalue weighted by Crippen LogP contribution is 2.38. The standard InChI is InChI=1S/C24H24N2O4/c1-4-14-29-17-9-7-8-16(15-17)21-20-22(27)18-10-5-6-11-19(18)30-23(20)24(28)26(21)13-12-25(2)3/h4-11,15,21H,1,12-14H2,2-3H3/t21-/m0/s1. The molecule has 0 radical (unpaired) electrons. The number of ether oxygens (including phenoxy) is 1. The Hall–Kier alpha value is -3.38. The zero-order valence-corrected chi connectivity index (χ0v) is 17.1. The van der Waals surface area contributed by atoms with E-state index in [4.69, 9.17) is 9.15 Å². The summed E-state index contributed by atoms with van der Waals surface area (Å²) in [5, 5.41) is 0.475. The molecule has 6 nitrogen and oxygen atoms in total. The van der Waals surface area contributed by atoms with Crippen molar-refractivity contribution in [3.8, 4) is 5.75 Å². The van der Waals surface area contributed by atoms with Crippen molar-refractivity contribution in [3.05, 3.63) is 88.3 Å².